The topological polar surface area (TPSA) is 32.3 Å². The number of piperazine rings is 1. The first-order valence-corrected chi connectivity index (χ1v) is 8.03. The summed E-state index contributed by atoms with van der Waals surface area (Å²) in [5, 5.41) is 3.35. The number of halogens is 2. The molecule has 1 aliphatic heterocycles. The van der Waals surface area contributed by atoms with Crippen LogP contribution >= 0.6 is 0 Å². The molecular formula is C19H20F2N2O. The lowest BCUT2D eigenvalue weighted by Crippen LogP contribution is -2.63. The number of nitrogens with zero attached hydrogens (tertiary/aromatic N) is 1. The number of carbonyl (C=O) groups is 1. The van der Waals surface area contributed by atoms with Crippen LogP contribution in [0.15, 0.2) is 48.5 Å². The van der Waals surface area contributed by atoms with Gasteiger partial charge in [-0.05, 0) is 48.2 Å². The molecule has 5 heteroatoms. The molecule has 126 valence electrons. The van der Waals surface area contributed by atoms with Gasteiger partial charge in [-0.2, -0.15) is 0 Å². The Morgan fingerprint density at radius 1 is 0.958 bits per heavy atom. The van der Waals surface area contributed by atoms with Crippen molar-refractivity contribution in [3.8, 4) is 0 Å². The summed E-state index contributed by atoms with van der Waals surface area (Å²) < 4.78 is 26.3. The van der Waals surface area contributed by atoms with Gasteiger partial charge in [0.1, 0.15) is 11.6 Å². The molecule has 1 amide bonds. The van der Waals surface area contributed by atoms with E-state index in [2.05, 4.69) is 5.32 Å². The Kier molecular flexibility index (Phi) is 4.90. The molecule has 0 unspecified atom stereocenters. The zero-order valence-electron chi connectivity index (χ0n) is 13.3. The van der Waals surface area contributed by atoms with Gasteiger partial charge in [0, 0.05) is 19.6 Å². The summed E-state index contributed by atoms with van der Waals surface area (Å²) in [6.45, 7) is 2.00. The normalized spacial score (nSPS) is 16.8. The molecular weight excluding hydrogens is 310 g/mol. The number of amides is 1. The summed E-state index contributed by atoms with van der Waals surface area (Å²) in [5.41, 5.74) is 1.48. The van der Waals surface area contributed by atoms with E-state index in [1.807, 2.05) is 4.90 Å². The second-order valence-corrected chi connectivity index (χ2v) is 6.31. The van der Waals surface area contributed by atoms with Crippen LogP contribution in [0, 0.1) is 11.6 Å². The van der Waals surface area contributed by atoms with Crippen molar-refractivity contribution in [3.63, 3.8) is 0 Å². The van der Waals surface area contributed by atoms with Gasteiger partial charge in [-0.3, -0.25) is 4.79 Å². The lowest BCUT2D eigenvalue weighted by atomic mass is 9.82. The Morgan fingerprint density at radius 2 is 1.46 bits per heavy atom. The number of rotatable bonds is 5. The smallest absolute Gasteiger partial charge is 0.210 e. The standard InChI is InChI=1S/C19H20F2N2O/c20-17-5-1-15(2-6-17)11-19(13-22-9-10-23(19)14-24)12-16-3-7-18(21)8-4-16/h1-8,14,22H,9-13H2. The predicted molar refractivity (Wildman–Crippen MR) is 88.6 cm³/mol. The van der Waals surface area contributed by atoms with Crippen molar-refractivity contribution in [1.29, 1.82) is 0 Å². The lowest BCUT2D eigenvalue weighted by molar-refractivity contribution is -0.125. The van der Waals surface area contributed by atoms with E-state index in [9.17, 15) is 13.6 Å². The third-order valence-corrected chi connectivity index (χ3v) is 4.61. The summed E-state index contributed by atoms with van der Waals surface area (Å²) in [6.07, 6.45) is 2.10. The molecule has 1 heterocycles. The average Bonchev–Trinajstić information content (AvgIpc) is 2.59. The van der Waals surface area contributed by atoms with E-state index in [0.717, 1.165) is 24.1 Å². The molecule has 3 nitrogen and oxygen atoms in total. The molecule has 1 N–H and O–H groups in total. The average molecular weight is 330 g/mol. The van der Waals surface area contributed by atoms with Gasteiger partial charge in [-0.1, -0.05) is 24.3 Å². The highest BCUT2D eigenvalue weighted by Crippen LogP contribution is 2.27. The first-order valence-electron chi connectivity index (χ1n) is 8.03. The maximum atomic E-state index is 13.2. The molecule has 0 bridgehead atoms. The van der Waals surface area contributed by atoms with Gasteiger partial charge in [-0.25, -0.2) is 8.78 Å². The van der Waals surface area contributed by atoms with Gasteiger partial charge in [0.05, 0.1) is 5.54 Å². The van der Waals surface area contributed by atoms with Crippen molar-refractivity contribution < 1.29 is 13.6 Å². The summed E-state index contributed by atoms with van der Waals surface area (Å²) in [5.74, 6) is -0.555. The fourth-order valence-corrected chi connectivity index (χ4v) is 3.38. The van der Waals surface area contributed by atoms with Crippen LogP contribution in [0.25, 0.3) is 0 Å². The minimum absolute atomic E-state index is 0.277. The van der Waals surface area contributed by atoms with Crippen LogP contribution in [0.5, 0.6) is 0 Å². The van der Waals surface area contributed by atoms with Crippen molar-refractivity contribution in [1.82, 2.24) is 10.2 Å². The first-order chi connectivity index (χ1) is 11.6. The number of hydrogen-bond donors (Lipinski definition) is 1. The molecule has 1 fully saturated rings. The Labute approximate surface area is 140 Å². The highest BCUT2D eigenvalue weighted by molar-refractivity contribution is 5.50. The van der Waals surface area contributed by atoms with Gasteiger partial charge in [0.15, 0.2) is 0 Å². The third-order valence-electron chi connectivity index (χ3n) is 4.61. The molecule has 0 aromatic heterocycles. The molecule has 24 heavy (non-hydrogen) atoms. The number of nitrogens with one attached hydrogen (secondary N) is 1. The molecule has 2 aromatic rings. The van der Waals surface area contributed by atoms with Crippen LogP contribution < -0.4 is 5.32 Å². The third kappa shape index (κ3) is 3.62. The summed E-state index contributed by atoms with van der Waals surface area (Å²) in [6, 6.07) is 12.7. The Morgan fingerprint density at radius 3 is 1.92 bits per heavy atom. The van der Waals surface area contributed by atoms with Crippen LogP contribution in [0.4, 0.5) is 8.78 Å². The summed E-state index contributed by atoms with van der Waals surface area (Å²) in [4.78, 5) is 13.5. The van der Waals surface area contributed by atoms with Crippen LogP contribution in [0.1, 0.15) is 11.1 Å². The van der Waals surface area contributed by atoms with E-state index in [-0.39, 0.29) is 11.6 Å². The minimum Gasteiger partial charge on any atom is -0.336 e. The van der Waals surface area contributed by atoms with Crippen molar-refractivity contribution >= 4 is 6.41 Å². The van der Waals surface area contributed by atoms with E-state index in [0.29, 0.717) is 25.9 Å². The van der Waals surface area contributed by atoms with Crippen LogP contribution in [0.3, 0.4) is 0 Å². The Hall–Kier alpha value is -2.27. The van der Waals surface area contributed by atoms with Crippen molar-refractivity contribution in [3.05, 3.63) is 71.3 Å². The van der Waals surface area contributed by atoms with Crippen molar-refractivity contribution in [2.45, 2.75) is 18.4 Å². The van der Waals surface area contributed by atoms with E-state index in [4.69, 9.17) is 0 Å². The largest absolute Gasteiger partial charge is 0.336 e. The number of benzene rings is 2. The lowest BCUT2D eigenvalue weighted by Gasteiger charge is -2.46. The molecule has 0 atom stereocenters. The van der Waals surface area contributed by atoms with E-state index in [1.165, 1.54) is 24.3 Å². The zero-order valence-corrected chi connectivity index (χ0v) is 13.3. The minimum atomic E-state index is -0.449. The van der Waals surface area contributed by atoms with Crippen LogP contribution in [-0.2, 0) is 17.6 Å². The molecule has 1 aliphatic rings. The Balaban J connectivity index is 1.91. The molecule has 0 radical (unpaired) electrons. The van der Waals surface area contributed by atoms with E-state index < -0.39 is 5.54 Å². The maximum absolute atomic E-state index is 13.2. The molecule has 0 saturated carbocycles. The molecule has 0 spiro atoms. The summed E-state index contributed by atoms with van der Waals surface area (Å²) in [7, 11) is 0. The monoisotopic (exact) mass is 330 g/mol. The highest BCUT2D eigenvalue weighted by Gasteiger charge is 2.38. The van der Waals surface area contributed by atoms with Crippen molar-refractivity contribution in [2.24, 2.45) is 0 Å². The van der Waals surface area contributed by atoms with E-state index in [1.54, 1.807) is 24.3 Å². The first kappa shape index (κ1) is 16.6. The molecule has 2 aromatic carbocycles. The SMILES string of the molecule is O=CN1CCNCC1(Cc1ccc(F)cc1)Cc1ccc(F)cc1. The van der Waals surface area contributed by atoms with Crippen LogP contribution in [0.2, 0.25) is 0 Å². The number of hydrogen-bond acceptors (Lipinski definition) is 2. The Bertz CT molecular complexity index is 638. The zero-order chi connectivity index (χ0) is 17.0. The van der Waals surface area contributed by atoms with Crippen LogP contribution in [-0.4, -0.2) is 36.5 Å². The van der Waals surface area contributed by atoms with Gasteiger partial charge in [-0.15, -0.1) is 0 Å². The van der Waals surface area contributed by atoms with Gasteiger partial charge >= 0.3 is 0 Å². The summed E-state index contributed by atoms with van der Waals surface area (Å²) >= 11 is 0. The number of carbonyl (C=O) groups excluding carboxylic acids is 1. The maximum Gasteiger partial charge on any atom is 0.210 e. The molecule has 1 saturated heterocycles. The quantitative estimate of drug-likeness (QED) is 0.855. The second-order valence-electron chi connectivity index (χ2n) is 6.31. The fourth-order valence-electron chi connectivity index (χ4n) is 3.38. The molecule has 0 aliphatic carbocycles. The molecule has 3 rings (SSSR count). The fraction of sp³-hybridized carbons (Fsp3) is 0.316. The van der Waals surface area contributed by atoms with Gasteiger partial charge in [0.2, 0.25) is 6.41 Å². The highest BCUT2D eigenvalue weighted by atomic mass is 19.1. The van der Waals surface area contributed by atoms with Gasteiger partial charge in [0.25, 0.3) is 0 Å². The van der Waals surface area contributed by atoms with E-state index >= 15 is 0 Å². The van der Waals surface area contributed by atoms with Crippen molar-refractivity contribution in [2.75, 3.05) is 19.6 Å². The predicted octanol–water partition coefficient (Wildman–Crippen LogP) is 2.55. The second kappa shape index (κ2) is 7.09. The van der Waals surface area contributed by atoms with Gasteiger partial charge < -0.3 is 10.2 Å².